The third-order valence-electron chi connectivity index (χ3n) is 3.32. The second-order valence-electron chi connectivity index (χ2n) is 5.31. The van der Waals surface area contributed by atoms with Gasteiger partial charge in [0.1, 0.15) is 11.5 Å². The molecule has 0 bridgehead atoms. The van der Waals surface area contributed by atoms with Crippen LogP contribution in [-0.4, -0.2) is 14.2 Å². The van der Waals surface area contributed by atoms with E-state index in [9.17, 15) is 21.6 Å². The number of benzene rings is 2. The molecule has 0 radical (unpaired) electrons. The summed E-state index contributed by atoms with van der Waals surface area (Å²) in [5, 5.41) is 2.44. The Kier molecular flexibility index (Phi) is 6.55. The van der Waals surface area contributed by atoms with Crippen molar-refractivity contribution in [2.75, 3.05) is 15.8 Å². The molecule has 2 rings (SSSR count). The van der Waals surface area contributed by atoms with Crippen molar-refractivity contribution in [1.82, 2.24) is 0 Å². The Morgan fingerprint density at radius 2 is 1.72 bits per heavy atom. The molecule has 136 valence electrons. The van der Waals surface area contributed by atoms with Crippen LogP contribution in [-0.2, 0) is 10.0 Å². The molecular formula is C16H16F3IN2O2S. The van der Waals surface area contributed by atoms with Gasteiger partial charge >= 0.3 is 0 Å². The normalized spacial score (nSPS) is 11.4. The highest BCUT2D eigenvalue weighted by molar-refractivity contribution is 14.1. The molecule has 0 aliphatic carbocycles. The van der Waals surface area contributed by atoms with Gasteiger partial charge in [-0.15, -0.1) is 0 Å². The first kappa shape index (κ1) is 19.8. The van der Waals surface area contributed by atoms with Crippen LogP contribution in [0.25, 0.3) is 0 Å². The summed E-state index contributed by atoms with van der Waals surface area (Å²) in [5.74, 6) is -3.30. The molecule has 0 amide bonds. The molecule has 2 aromatic rings. The highest BCUT2D eigenvalue weighted by atomic mass is 127. The van der Waals surface area contributed by atoms with Crippen molar-refractivity contribution in [3.8, 4) is 0 Å². The van der Waals surface area contributed by atoms with Crippen molar-refractivity contribution in [2.45, 2.75) is 19.8 Å². The highest BCUT2D eigenvalue weighted by Crippen LogP contribution is 2.32. The molecule has 2 N–H and O–H groups in total. The molecule has 0 spiro atoms. The first-order chi connectivity index (χ1) is 11.7. The second kappa shape index (κ2) is 8.26. The summed E-state index contributed by atoms with van der Waals surface area (Å²) in [6, 6.07) is 6.05. The van der Waals surface area contributed by atoms with Crippen molar-refractivity contribution in [3.63, 3.8) is 0 Å². The van der Waals surface area contributed by atoms with Gasteiger partial charge in [-0.25, -0.2) is 21.6 Å². The number of hydrogen-bond donors (Lipinski definition) is 2. The Bertz CT molecular complexity index is 876. The zero-order chi connectivity index (χ0) is 18.6. The zero-order valence-corrected chi connectivity index (χ0v) is 16.2. The van der Waals surface area contributed by atoms with E-state index in [2.05, 4.69) is 10.0 Å². The van der Waals surface area contributed by atoms with E-state index >= 15 is 0 Å². The lowest BCUT2D eigenvalue weighted by Gasteiger charge is -2.16. The van der Waals surface area contributed by atoms with Crippen LogP contribution < -0.4 is 10.0 Å². The summed E-state index contributed by atoms with van der Waals surface area (Å²) in [7, 11) is -3.73. The number of hydrogen-bond acceptors (Lipinski definition) is 3. The van der Waals surface area contributed by atoms with Crippen molar-refractivity contribution in [2.24, 2.45) is 0 Å². The van der Waals surface area contributed by atoms with E-state index in [0.29, 0.717) is 16.4 Å². The molecule has 0 aliphatic rings. The van der Waals surface area contributed by atoms with Crippen LogP contribution >= 0.6 is 22.6 Å². The summed E-state index contributed by atoms with van der Waals surface area (Å²) in [4.78, 5) is 0. The average molecular weight is 484 g/mol. The molecule has 0 fully saturated rings. The minimum Gasteiger partial charge on any atom is -0.349 e. The smallest absolute Gasteiger partial charge is 0.232 e. The van der Waals surface area contributed by atoms with E-state index in [-0.39, 0.29) is 17.1 Å². The van der Waals surface area contributed by atoms with Crippen molar-refractivity contribution < 1.29 is 21.6 Å². The van der Waals surface area contributed by atoms with Gasteiger partial charge in [0.2, 0.25) is 10.0 Å². The fourth-order valence-corrected chi connectivity index (χ4v) is 3.77. The van der Waals surface area contributed by atoms with Crippen LogP contribution in [0.1, 0.15) is 19.8 Å². The minimum absolute atomic E-state index is 0.0982. The van der Waals surface area contributed by atoms with Gasteiger partial charge in [0, 0.05) is 3.57 Å². The fourth-order valence-electron chi connectivity index (χ4n) is 2.04. The maximum atomic E-state index is 14.2. The SMILES string of the molecule is CCCCS(=O)(=O)Nc1ccc(F)c(F)c1Nc1ccc(I)cc1F. The molecular weight excluding hydrogens is 468 g/mol. The maximum Gasteiger partial charge on any atom is 0.232 e. The van der Waals surface area contributed by atoms with Crippen LogP contribution in [0.5, 0.6) is 0 Å². The summed E-state index contributed by atoms with van der Waals surface area (Å²) in [6.45, 7) is 1.83. The van der Waals surface area contributed by atoms with Gasteiger partial charge in [-0.2, -0.15) is 0 Å². The monoisotopic (exact) mass is 484 g/mol. The standard InChI is InChI=1S/C16H16F3IN2O2S/c1-2-3-8-25(23,24)22-14-7-5-11(17)15(19)16(14)21-13-6-4-10(20)9-12(13)18/h4-7,9,21-22H,2-3,8H2,1H3. The molecule has 2 aromatic carbocycles. The van der Waals surface area contributed by atoms with Crippen LogP contribution in [0.2, 0.25) is 0 Å². The van der Waals surface area contributed by atoms with Crippen molar-refractivity contribution >= 4 is 49.7 Å². The van der Waals surface area contributed by atoms with Crippen molar-refractivity contribution in [1.29, 1.82) is 0 Å². The topological polar surface area (TPSA) is 58.2 Å². The number of unbranched alkanes of at least 4 members (excludes halogenated alkanes) is 1. The van der Waals surface area contributed by atoms with Crippen LogP contribution in [0.3, 0.4) is 0 Å². The Morgan fingerprint density at radius 3 is 2.36 bits per heavy atom. The summed E-state index contributed by atoms with van der Waals surface area (Å²) in [6.07, 6.45) is 1.09. The van der Waals surface area contributed by atoms with E-state index in [1.165, 1.54) is 12.1 Å². The van der Waals surface area contributed by atoms with E-state index < -0.39 is 33.2 Å². The lowest BCUT2D eigenvalue weighted by molar-refractivity contribution is 0.512. The van der Waals surface area contributed by atoms with Gasteiger partial charge in [-0.1, -0.05) is 13.3 Å². The molecule has 0 unspecified atom stereocenters. The fraction of sp³-hybridized carbons (Fsp3) is 0.250. The average Bonchev–Trinajstić information content (AvgIpc) is 2.54. The van der Waals surface area contributed by atoms with E-state index in [0.717, 1.165) is 12.1 Å². The quantitative estimate of drug-likeness (QED) is 0.545. The predicted octanol–water partition coefficient (Wildman–Crippen LogP) is 4.99. The van der Waals surface area contributed by atoms with Crippen molar-refractivity contribution in [3.05, 3.63) is 51.4 Å². The Hall–Kier alpha value is -1.49. The number of anilines is 3. The third-order valence-corrected chi connectivity index (χ3v) is 5.35. The molecule has 0 saturated heterocycles. The molecule has 25 heavy (non-hydrogen) atoms. The molecule has 4 nitrogen and oxygen atoms in total. The molecule has 0 aliphatic heterocycles. The molecule has 9 heteroatoms. The van der Waals surface area contributed by atoms with Gasteiger partial charge in [-0.3, -0.25) is 4.72 Å². The second-order valence-corrected chi connectivity index (χ2v) is 8.40. The van der Waals surface area contributed by atoms with Gasteiger partial charge in [0.15, 0.2) is 11.6 Å². The summed E-state index contributed by atoms with van der Waals surface area (Å²) < 4.78 is 68.7. The molecule has 0 atom stereocenters. The lowest BCUT2D eigenvalue weighted by Crippen LogP contribution is -2.18. The lowest BCUT2D eigenvalue weighted by atomic mass is 10.2. The minimum atomic E-state index is -3.73. The molecule has 0 heterocycles. The van der Waals surface area contributed by atoms with E-state index in [4.69, 9.17) is 0 Å². The van der Waals surface area contributed by atoms with Gasteiger partial charge in [0.25, 0.3) is 0 Å². The van der Waals surface area contributed by atoms with Gasteiger partial charge < -0.3 is 5.32 Å². The van der Waals surface area contributed by atoms with Gasteiger partial charge in [0.05, 0.1) is 17.1 Å². The molecule has 0 saturated carbocycles. The number of sulfonamides is 1. The predicted molar refractivity (Wildman–Crippen MR) is 101 cm³/mol. The number of halogens is 4. The maximum absolute atomic E-state index is 14.2. The first-order valence-electron chi connectivity index (χ1n) is 7.44. The highest BCUT2D eigenvalue weighted by Gasteiger charge is 2.19. The molecule has 0 aromatic heterocycles. The summed E-state index contributed by atoms with van der Waals surface area (Å²) >= 11 is 1.91. The van der Waals surface area contributed by atoms with E-state index in [1.807, 2.05) is 29.5 Å². The Labute approximate surface area is 158 Å². The summed E-state index contributed by atoms with van der Waals surface area (Å²) in [5.41, 5.74) is -0.757. The van der Waals surface area contributed by atoms with E-state index in [1.54, 1.807) is 6.07 Å². The van der Waals surface area contributed by atoms with Gasteiger partial charge in [-0.05, 0) is 59.3 Å². The third kappa shape index (κ3) is 5.24. The number of rotatable bonds is 7. The number of nitrogens with one attached hydrogen (secondary N) is 2. The van der Waals surface area contributed by atoms with Crippen LogP contribution in [0.15, 0.2) is 30.3 Å². The largest absolute Gasteiger partial charge is 0.349 e. The van der Waals surface area contributed by atoms with Crippen LogP contribution in [0, 0.1) is 21.0 Å². The zero-order valence-electron chi connectivity index (χ0n) is 13.2. The first-order valence-corrected chi connectivity index (χ1v) is 10.2. The Balaban J connectivity index is 2.40. The van der Waals surface area contributed by atoms with Crippen LogP contribution in [0.4, 0.5) is 30.2 Å². The Morgan fingerprint density at radius 1 is 1.04 bits per heavy atom.